The van der Waals surface area contributed by atoms with E-state index < -0.39 is 17.9 Å². The third-order valence-corrected chi connectivity index (χ3v) is 4.81. The highest BCUT2D eigenvalue weighted by Gasteiger charge is 2.32. The molecule has 0 fully saturated rings. The van der Waals surface area contributed by atoms with Crippen LogP contribution in [0.25, 0.3) is 0 Å². The van der Waals surface area contributed by atoms with Gasteiger partial charge in [0.15, 0.2) is 0 Å². The van der Waals surface area contributed by atoms with E-state index in [1.54, 1.807) is 31.2 Å². The molecule has 1 unspecified atom stereocenters. The van der Waals surface area contributed by atoms with Crippen molar-refractivity contribution in [3.8, 4) is 5.75 Å². The van der Waals surface area contributed by atoms with E-state index in [0.717, 1.165) is 11.1 Å². The van der Waals surface area contributed by atoms with Crippen LogP contribution < -0.4 is 10.5 Å². The van der Waals surface area contributed by atoms with E-state index in [-0.39, 0.29) is 12.2 Å². The molecule has 154 valence electrons. The SMILES string of the molecule is COc1cccc(C(C(N)=O)N(Cc2ccc(C)cc2)C(=O)c2nccnc2C)c1. The summed E-state index contributed by atoms with van der Waals surface area (Å²) in [5, 5.41) is 0. The van der Waals surface area contributed by atoms with Crippen LogP contribution in [0, 0.1) is 13.8 Å². The molecule has 7 heteroatoms. The number of methoxy groups -OCH3 is 1. The fourth-order valence-electron chi connectivity index (χ4n) is 3.23. The molecule has 1 atom stereocenters. The molecule has 1 heterocycles. The summed E-state index contributed by atoms with van der Waals surface area (Å²) in [5.41, 5.74) is 8.96. The summed E-state index contributed by atoms with van der Waals surface area (Å²) >= 11 is 0. The van der Waals surface area contributed by atoms with E-state index in [9.17, 15) is 9.59 Å². The molecule has 2 N–H and O–H groups in total. The molecule has 1 aromatic heterocycles. The van der Waals surface area contributed by atoms with E-state index >= 15 is 0 Å². The third-order valence-electron chi connectivity index (χ3n) is 4.81. The number of hydrogen-bond donors (Lipinski definition) is 1. The van der Waals surface area contributed by atoms with Crippen LogP contribution in [0.3, 0.4) is 0 Å². The summed E-state index contributed by atoms with van der Waals surface area (Å²) in [5.74, 6) is -0.504. The average Bonchev–Trinajstić information content (AvgIpc) is 2.74. The van der Waals surface area contributed by atoms with E-state index in [0.29, 0.717) is 17.0 Å². The Labute approximate surface area is 175 Å². The Balaban J connectivity index is 2.09. The monoisotopic (exact) mass is 404 g/mol. The molecule has 0 saturated heterocycles. The minimum atomic E-state index is -1.00. The van der Waals surface area contributed by atoms with Crippen LogP contribution >= 0.6 is 0 Å². The van der Waals surface area contributed by atoms with Crippen LogP contribution in [0.4, 0.5) is 0 Å². The quantitative estimate of drug-likeness (QED) is 0.653. The molecular weight excluding hydrogens is 380 g/mol. The number of amides is 2. The first-order valence-corrected chi connectivity index (χ1v) is 9.48. The predicted molar refractivity (Wildman–Crippen MR) is 113 cm³/mol. The van der Waals surface area contributed by atoms with Crippen LogP contribution in [0.1, 0.15) is 38.9 Å². The first-order chi connectivity index (χ1) is 14.4. The van der Waals surface area contributed by atoms with Gasteiger partial charge in [0.05, 0.1) is 12.8 Å². The van der Waals surface area contributed by atoms with E-state index in [1.165, 1.54) is 24.4 Å². The normalized spacial score (nSPS) is 11.6. The molecule has 0 aliphatic heterocycles. The Morgan fingerprint density at radius 3 is 2.40 bits per heavy atom. The number of aryl methyl sites for hydroxylation is 2. The average molecular weight is 404 g/mol. The maximum atomic E-state index is 13.5. The lowest BCUT2D eigenvalue weighted by molar-refractivity contribution is -0.122. The molecule has 0 bridgehead atoms. The maximum absolute atomic E-state index is 13.5. The lowest BCUT2D eigenvalue weighted by Gasteiger charge is -2.30. The topological polar surface area (TPSA) is 98.4 Å². The Morgan fingerprint density at radius 1 is 1.07 bits per heavy atom. The Morgan fingerprint density at radius 2 is 1.77 bits per heavy atom. The molecule has 30 heavy (non-hydrogen) atoms. The van der Waals surface area contributed by atoms with Crippen molar-refractivity contribution in [2.24, 2.45) is 5.73 Å². The van der Waals surface area contributed by atoms with E-state index in [1.807, 2.05) is 31.2 Å². The summed E-state index contributed by atoms with van der Waals surface area (Å²) in [6.07, 6.45) is 2.97. The number of benzene rings is 2. The number of carbonyl (C=O) groups excluding carboxylic acids is 2. The zero-order valence-electron chi connectivity index (χ0n) is 17.2. The zero-order valence-corrected chi connectivity index (χ0v) is 17.2. The van der Waals surface area contributed by atoms with Gasteiger partial charge in [-0.2, -0.15) is 0 Å². The summed E-state index contributed by atoms with van der Waals surface area (Å²) in [7, 11) is 1.54. The standard InChI is InChI=1S/C23H24N4O3/c1-15-7-9-17(10-8-15)14-27(23(29)20-16(2)25-11-12-26-20)21(22(24)28)18-5-4-6-19(13-18)30-3/h4-13,21H,14H2,1-3H3,(H2,24,28). The number of rotatable bonds is 7. The minimum Gasteiger partial charge on any atom is -0.497 e. The highest BCUT2D eigenvalue weighted by molar-refractivity contribution is 5.97. The van der Waals surface area contributed by atoms with Gasteiger partial charge >= 0.3 is 0 Å². The van der Waals surface area contributed by atoms with Gasteiger partial charge in [-0.1, -0.05) is 42.0 Å². The molecule has 0 aliphatic rings. The van der Waals surface area contributed by atoms with Crippen molar-refractivity contribution in [2.45, 2.75) is 26.4 Å². The van der Waals surface area contributed by atoms with Crippen LogP contribution in [-0.2, 0) is 11.3 Å². The van der Waals surface area contributed by atoms with Gasteiger partial charge in [0.1, 0.15) is 17.5 Å². The number of aromatic nitrogens is 2. The second-order valence-electron chi connectivity index (χ2n) is 6.99. The zero-order chi connectivity index (χ0) is 21.7. The van der Waals surface area contributed by atoms with Crippen LogP contribution in [0.2, 0.25) is 0 Å². The smallest absolute Gasteiger partial charge is 0.275 e. The Bertz CT molecular complexity index is 1050. The molecular formula is C23H24N4O3. The molecule has 0 spiro atoms. The van der Waals surface area contributed by atoms with E-state index in [4.69, 9.17) is 10.5 Å². The summed E-state index contributed by atoms with van der Waals surface area (Å²) in [4.78, 5) is 35.8. The molecule has 2 aromatic carbocycles. The van der Waals surface area contributed by atoms with Crippen molar-refractivity contribution < 1.29 is 14.3 Å². The lowest BCUT2D eigenvalue weighted by Crippen LogP contribution is -2.42. The number of nitrogens with zero attached hydrogens (tertiary/aromatic N) is 3. The summed E-state index contributed by atoms with van der Waals surface area (Å²) in [6, 6.07) is 13.7. The Kier molecular flexibility index (Phi) is 6.41. The van der Waals surface area contributed by atoms with Crippen molar-refractivity contribution >= 4 is 11.8 Å². The van der Waals surface area contributed by atoms with Crippen molar-refractivity contribution in [3.63, 3.8) is 0 Å². The van der Waals surface area contributed by atoms with Gasteiger partial charge in [-0.25, -0.2) is 4.98 Å². The third kappa shape index (κ3) is 4.63. The van der Waals surface area contributed by atoms with Gasteiger partial charge in [-0.05, 0) is 37.1 Å². The second-order valence-corrected chi connectivity index (χ2v) is 6.99. The number of hydrogen-bond acceptors (Lipinski definition) is 5. The predicted octanol–water partition coefficient (Wildman–Crippen LogP) is 2.97. The molecule has 0 aliphatic carbocycles. The van der Waals surface area contributed by atoms with Crippen LogP contribution in [-0.4, -0.2) is 33.8 Å². The first-order valence-electron chi connectivity index (χ1n) is 9.48. The van der Waals surface area contributed by atoms with Gasteiger partial charge in [0, 0.05) is 18.9 Å². The van der Waals surface area contributed by atoms with Crippen LogP contribution in [0.15, 0.2) is 60.9 Å². The van der Waals surface area contributed by atoms with Gasteiger partial charge in [-0.15, -0.1) is 0 Å². The largest absolute Gasteiger partial charge is 0.497 e. The molecule has 0 radical (unpaired) electrons. The number of ether oxygens (including phenoxy) is 1. The van der Waals surface area contributed by atoms with Crippen molar-refractivity contribution in [1.29, 1.82) is 0 Å². The van der Waals surface area contributed by atoms with Crippen molar-refractivity contribution in [3.05, 3.63) is 89.0 Å². The number of primary amides is 1. The second kappa shape index (κ2) is 9.17. The molecule has 2 amide bonds. The minimum absolute atomic E-state index is 0.179. The number of nitrogens with two attached hydrogens (primary N) is 1. The fraction of sp³-hybridized carbons (Fsp3) is 0.217. The summed E-state index contributed by atoms with van der Waals surface area (Å²) < 4.78 is 5.28. The molecule has 7 nitrogen and oxygen atoms in total. The van der Waals surface area contributed by atoms with Gasteiger partial charge < -0.3 is 15.4 Å². The van der Waals surface area contributed by atoms with Crippen molar-refractivity contribution in [1.82, 2.24) is 14.9 Å². The molecule has 3 rings (SSSR count). The van der Waals surface area contributed by atoms with Gasteiger partial charge in [0.2, 0.25) is 5.91 Å². The lowest BCUT2D eigenvalue weighted by atomic mass is 10.0. The fourth-order valence-corrected chi connectivity index (χ4v) is 3.23. The maximum Gasteiger partial charge on any atom is 0.275 e. The van der Waals surface area contributed by atoms with Gasteiger partial charge in [-0.3, -0.25) is 14.6 Å². The highest BCUT2D eigenvalue weighted by Crippen LogP contribution is 2.28. The van der Waals surface area contributed by atoms with Gasteiger partial charge in [0.25, 0.3) is 5.91 Å². The van der Waals surface area contributed by atoms with Crippen molar-refractivity contribution in [2.75, 3.05) is 7.11 Å². The number of carbonyl (C=O) groups is 2. The highest BCUT2D eigenvalue weighted by atomic mass is 16.5. The summed E-state index contributed by atoms with van der Waals surface area (Å²) in [6.45, 7) is 3.87. The molecule has 0 saturated carbocycles. The van der Waals surface area contributed by atoms with Crippen LogP contribution in [0.5, 0.6) is 5.75 Å². The molecule has 3 aromatic rings. The Hall–Kier alpha value is -3.74. The van der Waals surface area contributed by atoms with E-state index in [2.05, 4.69) is 9.97 Å². The first kappa shape index (κ1) is 21.0.